The van der Waals surface area contributed by atoms with E-state index in [4.69, 9.17) is 0 Å². The van der Waals surface area contributed by atoms with Crippen molar-refractivity contribution in [2.75, 3.05) is 23.7 Å². The van der Waals surface area contributed by atoms with Gasteiger partial charge in [0.1, 0.15) is 5.82 Å². The monoisotopic (exact) mass is 392 g/mol. The number of aryl methyl sites for hydroxylation is 1. The molecule has 0 heterocycles. The molecule has 2 aromatic carbocycles. The van der Waals surface area contributed by atoms with Crippen LogP contribution in [-0.4, -0.2) is 33.7 Å². The Labute approximate surface area is 160 Å². The van der Waals surface area contributed by atoms with Gasteiger partial charge in [-0.3, -0.25) is 9.10 Å². The van der Waals surface area contributed by atoms with Crippen LogP contribution in [0.25, 0.3) is 0 Å². The molecular formula is C20H25FN2O3S. The lowest BCUT2D eigenvalue weighted by atomic mass is 10.1. The number of hydrogen-bond donors (Lipinski definition) is 1. The van der Waals surface area contributed by atoms with Gasteiger partial charge in [0, 0.05) is 19.5 Å². The van der Waals surface area contributed by atoms with Gasteiger partial charge in [-0.15, -0.1) is 0 Å². The van der Waals surface area contributed by atoms with Gasteiger partial charge >= 0.3 is 0 Å². The molecule has 5 nitrogen and oxygen atoms in total. The summed E-state index contributed by atoms with van der Waals surface area (Å²) in [6.45, 7) is 2.56. The second kappa shape index (κ2) is 9.50. The third kappa shape index (κ3) is 6.67. The number of benzene rings is 2. The van der Waals surface area contributed by atoms with Gasteiger partial charge in [0.25, 0.3) is 0 Å². The lowest BCUT2D eigenvalue weighted by molar-refractivity contribution is -0.121. The van der Waals surface area contributed by atoms with E-state index in [2.05, 4.69) is 5.32 Å². The second-order valence-corrected chi connectivity index (χ2v) is 8.36. The minimum absolute atomic E-state index is 0.129. The Hall–Kier alpha value is -2.41. The van der Waals surface area contributed by atoms with Crippen LogP contribution in [0.5, 0.6) is 0 Å². The molecule has 2 aromatic rings. The van der Waals surface area contributed by atoms with Crippen molar-refractivity contribution in [3.05, 3.63) is 65.5 Å². The van der Waals surface area contributed by atoms with Gasteiger partial charge in [-0.2, -0.15) is 0 Å². The smallest absolute Gasteiger partial charge is 0.232 e. The fourth-order valence-electron chi connectivity index (χ4n) is 2.78. The van der Waals surface area contributed by atoms with E-state index >= 15 is 0 Å². The summed E-state index contributed by atoms with van der Waals surface area (Å²) in [5, 5.41) is 2.81. The molecule has 146 valence electrons. The molecule has 7 heteroatoms. The van der Waals surface area contributed by atoms with Gasteiger partial charge < -0.3 is 5.32 Å². The van der Waals surface area contributed by atoms with E-state index in [1.807, 2.05) is 19.1 Å². The number of halogens is 1. The minimum Gasteiger partial charge on any atom is -0.356 e. The Bertz CT molecular complexity index is 867. The molecule has 0 fully saturated rings. The molecule has 0 atom stereocenters. The Morgan fingerprint density at radius 2 is 1.78 bits per heavy atom. The Balaban J connectivity index is 1.81. The number of sulfonamides is 1. The van der Waals surface area contributed by atoms with Crippen LogP contribution in [0.1, 0.15) is 24.0 Å². The second-order valence-electron chi connectivity index (χ2n) is 6.45. The van der Waals surface area contributed by atoms with Crippen molar-refractivity contribution < 1.29 is 17.6 Å². The molecule has 27 heavy (non-hydrogen) atoms. The zero-order valence-corrected chi connectivity index (χ0v) is 16.4. The summed E-state index contributed by atoms with van der Waals surface area (Å²) in [6, 6.07) is 13.4. The number of hydrogen-bond acceptors (Lipinski definition) is 3. The third-order valence-electron chi connectivity index (χ3n) is 4.20. The maximum absolute atomic E-state index is 12.9. The lowest BCUT2D eigenvalue weighted by Crippen LogP contribution is -2.33. The Morgan fingerprint density at radius 1 is 1.11 bits per heavy atom. The number of nitrogens with one attached hydrogen (secondary N) is 1. The van der Waals surface area contributed by atoms with Gasteiger partial charge in [-0.05, 0) is 49.1 Å². The summed E-state index contributed by atoms with van der Waals surface area (Å²) < 4.78 is 38.4. The molecule has 0 saturated heterocycles. The van der Waals surface area contributed by atoms with Crippen LogP contribution in [0.15, 0.2) is 48.5 Å². The van der Waals surface area contributed by atoms with Crippen LogP contribution in [0.4, 0.5) is 10.1 Å². The highest BCUT2D eigenvalue weighted by Gasteiger charge is 2.18. The first-order chi connectivity index (χ1) is 12.8. The van der Waals surface area contributed by atoms with Gasteiger partial charge in [0.05, 0.1) is 11.9 Å². The van der Waals surface area contributed by atoms with Crippen LogP contribution in [0.3, 0.4) is 0 Å². The maximum Gasteiger partial charge on any atom is 0.232 e. The number of nitrogens with zero attached hydrogens (tertiary/aromatic N) is 1. The normalized spacial score (nSPS) is 11.2. The Morgan fingerprint density at radius 3 is 2.41 bits per heavy atom. The fraction of sp³-hybridized carbons (Fsp3) is 0.350. The summed E-state index contributed by atoms with van der Waals surface area (Å²) in [6.07, 6.45) is 2.44. The van der Waals surface area contributed by atoms with Gasteiger partial charge in [0.2, 0.25) is 15.9 Å². The van der Waals surface area contributed by atoms with Crippen LogP contribution >= 0.6 is 0 Å². The number of carbonyl (C=O) groups excluding carboxylic acids is 1. The van der Waals surface area contributed by atoms with Gasteiger partial charge in [-0.25, -0.2) is 12.8 Å². The van der Waals surface area contributed by atoms with E-state index in [1.54, 1.807) is 24.3 Å². The number of rotatable bonds is 9. The minimum atomic E-state index is -3.42. The predicted molar refractivity (Wildman–Crippen MR) is 106 cm³/mol. The Kier molecular flexibility index (Phi) is 7.36. The van der Waals surface area contributed by atoms with E-state index < -0.39 is 10.0 Å². The zero-order chi connectivity index (χ0) is 19.9. The van der Waals surface area contributed by atoms with Crippen molar-refractivity contribution in [3.8, 4) is 0 Å². The number of amides is 1. The van der Waals surface area contributed by atoms with E-state index in [1.165, 1.54) is 22.7 Å². The average molecular weight is 392 g/mol. The largest absolute Gasteiger partial charge is 0.356 e. The predicted octanol–water partition coefficient (Wildman–Crippen LogP) is 3.04. The number of para-hydroxylation sites is 1. The van der Waals surface area contributed by atoms with Crippen LogP contribution in [0.2, 0.25) is 0 Å². The molecule has 1 N–H and O–H groups in total. The summed E-state index contributed by atoms with van der Waals surface area (Å²) in [5.74, 6) is -0.415. The van der Waals surface area contributed by atoms with Crippen LogP contribution in [-0.2, 0) is 21.2 Å². The highest BCUT2D eigenvalue weighted by molar-refractivity contribution is 7.92. The maximum atomic E-state index is 12.9. The molecule has 2 rings (SSSR count). The SMILES string of the molecule is Cc1ccccc1N(CCCC(=O)NCCc1ccc(F)cc1)S(C)(=O)=O. The first-order valence-electron chi connectivity index (χ1n) is 8.82. The molecule has 0 aliphatic carbocycles. The van der Waals surface area contributed by atoms with E-state index in [0.717, 1.165) is 11.1 Å². The van der Waals surface area contributed by atoms with Crippen molar-refractivity contribution in [1.29, 1.82) is 0 Å². The van der Waals surface area contributed by atoms with Crippen molar-refractivity contribution >= 4 is 21.6 Å². The van der Waals surface area contributed by atoms with E-state index in [0.29, 0.717) is 25.1 Å². The quantitative estimate of drug-likeness (QED) is 0.713. The number of carbonyl (C=O) groups is 1. The average Bonchev–Trinajstić information content (AvgIpc) is 2.60. The lowest BCUT2D eigenvalue weighted by Gasteiger charge is -2.24. The van der Waals surface area contributed by atoms with E-state index in [9.17, 15) is 17.6 Å². The van der Waals surface area contributed by atoms with Crippen LogP contribution in [0, 0.1) is 12.7 Å². The first kappa shape index (κ1) is 20.9. The highest BCUT2D eigenvalue weighted by Crippen LogP contribution is 2.22. The molecule has 1 amide bonds. The standard InChI is InChI=1S/C20H25FN2O3S/c1-16-6-3-4-7-19(16)23(27(2,25)26)15-5-8-20(24)22-14-13-17-9-11-18(21)12-10-17/h3-4,6-7,9-12H,5,8,13-15H2,1-2H3,(H,22,24). The fourth-order valence-corrected chi connectivity index (χ4v) is 3.80. The molecule has 0 saturated carbocycles. The molecule has 0 aromatic heterocycles. The van der Waals surface area contributed by atoms with Gasteiger partial charge in [0.15, 0.2) is 0 Å². The molecule has 0 spiro atoms. The van der Waals surface area contributed by atoms with E-state index in [-0.39, 0.29) is 24.7 Å². The van der Waals surface area contributed by atoms with Crippen molar-refractivity contribution in [1.82, 2.24) is 5.32 Å². The first-order valence-corrected chi connectivity index (χ1v) is 10.7. The molecule has 0 bridgehead atoms. The molecular weight excluding hydrogens is 367 g/mol. The van der Waals surface area contributed by atoms with Crippen molar-refractivity contribution in [2.24, 2.45) is 0 Å². The zero-order valence-electron chi connectivity index (χ0n) is 15.6. The molecule has 0 aliphatic rings. The summed E-state index contributed by atoms with van der Waals surface area (Å²) in [5.41, 5.74) is 2.45. The highest BCUT2D eigenvalue weighted by atomic mass is 32.2. The summed E-state index contributed by atoms with van der Waals surface area (Å²) >= 11 is 0. The molecule has 0 unspecified atom stereocenters. The van der Waals surface area contributed by atoms with Crippen molar-refractivity contribution in [3.63, 3.8) is 0 Å². The number of anilines is 1. The van der Waals surface area contributed by atoms with Crippen molar-refractivity contribution in [2.45, 2.75) is 26.2 Å². The van der Waals surface area contributed by atoms with Gasteiger partial charge in [-0.1, -0.05) is 30.3 Å². The summed E-state index contributed by atoms with van der Waals surface area (Å²) in [4.78, 5) is 12.0. The topological polar surface area (TPSA) is 66.5 Å². The summed E-state index contributed by atoms with van der Waals surface area (Å²) in [7, 11) is -3.42. The van der Waals surface area contributed by atoms with Crippen LogP contribution < -0.4 is 9.62 Å². The molecule has 0 radical (unpaired) electrons. The third-order valence-corrected chi connectivity index (χ3v) is 5.38. The molecule has 0 aliphatic heterocycles.